The number of hydrogen-bond acceptors (Lipinski definition) is 6. The Morgan fingerprint density at radius 3 is 2.68 bits per heavy atom. The van der Waals surface area contributed by atoms with Crippen LogP contribution in [0.5, 0.6) is 0 Å². The lowest BCUT2D eigenvalue weighted by Crippen LogP contribution is -2.39. The van der Waals surface area contributed by atoms with E-state index in [1.807, 2.05) is 18.2 Å². The van der Waals surface area contributed by atoms with E-state index in [0.717, 1.165) is 11.8 Å². The summed E-state index contributed by atoms with van der Waals surface area (Å²) < 4.78 is 25.0. The molecule has 0 aliphatic carbocycles. The predicted octanol–water partition coefficient (Wildman–Crippen LogP) is 2.78. The Kier molecular flexibility index (Phi) is 6.09. The average molecular weight is 478 g/mol. The number of benzene rings is 2. The molecule has 1 saturated heterocycles. The Hall–Kier alpha value is -2.36. The third-order valence-corrected chi connectivity index (χ3v) is 8.20. The normalized spacial score (nSPS) is 17.7. The molecule has 0 bridgehead atoms. The van der Waals surface area contributed by atoms with Gasteiger partial charge in [0.05, 0.1) is 33.8 Å². The second kappa shape index (κ2) is 8.64. The number of sulfone groups is 1. The molecular formula is C21H20ClN3O4S2. The van der Waals surface area contributed by atoms with Gasteiger partial charge in [-0.3, -0.25) is 14.2 Å². The van der Waals surface area contributed by atoms with Crippen molar-refractivity contribution in [3.05, 3.63) is 63.9 Å². The van der Waals surface area contributed by atoms with Gasteiger partial charge < -0.3 is 4.90 Å². The molecule has 1 atom stereocenters. The number of para-hydroxylation sites is 1. The molecule has 0 unspecified atom stereocenters. The smallest absolute Gasteiger partial charge is 0.266 e. The highest BCUT2D eigenvalue weighted by atomic mass is 35.5. The summed E-state index contributed by atoms with van der Waals surface area (Å²) in [6.07, 6.45) is 0.441. The third-order valence-electron chi connectivity index (χ3n) is 5.29. The maximum absolute atomic E-state index is 13.2. The monoisotopic (exact) mass is 477 g/mol. The van der Waals surface area contributed by atoms with E-state index in [-0.39, 0.29) is 34.8 Å². The van der Waals surface area contributed by atoms with Gasteiger partial charge in [0.25, 0.3) is 5.56 Å². The highest BCUT2D eigenvalue weighted by molar-refractivity contribution is 7.99. The average Bonchev–Trinajstić information content (AvgIpc) is 3.11. The summed E-state index contributed by atoms with van der Waals surface area (Å²) in [6.45, 7) is 0. The highest BCUT2D eigenvalue weighted by Crippen LogP contribution is 2.24. The standard InChI is InChI=1S/C21H20ClN3O4S2/c1-24(16-9-10-31(28,29)13-16)19(26)12-30-21-23-18-11-14(22)7-8-17(18)20(27)25(21)15-5-3-2-4-6-15/h2-8,11,16H,9-10,12-13H2,1H3/t16-/m0/s1. The van der Waals surface area contributed by atoms with Gasteiger partial charge in [-0.2, -0.15) is 0 Å². The van der Waals surface area contributed by atoms with Crippen molar-refractivity contribution in [3.63, 3.8) is 0 Å². The van der Waals surface area contributed by atoms with Crippen molar-refractivity contribution in [2.24, 2.45) is 0 Å². The molecule has 0 saturated carbocycles. The summed E-state index contributed by atoms with van der Waals surface area (Å²) >= 11 is 7.22. The van der Waals surface area contributed by atoms with E-state index in [2.05, 4.69) is 4.98 Å². The Morgan fingerprint density at radius 1 is 1.26 bits per heavy atom. The molecule has 162 valence electrons. The van der Waals surface area contributed by atoms with Gasteiger partial charge in [-0.1, -0.05) is 41.6 Å². The maximum atomic E-state index is 13.2. The van der Waals surface area contributed by atoms with Crippen LogP contribution in [0.2, 0.25) is 5.02 Å². The molecule has 7 nitrogen and oxygen atoms in total. The first-order chi connectivity index (χ1) is 14.7. The number of hydrogen-bond donors (Lipinski definition) is 0. The lowest BCUT2D eigenvalue weighted by molar-refractivity contribution is -0.128. The van der Waals surface area contributed by atoms with Gasteiger partial charge in [0, 0.05) is 18.1 Å². The van der Waals surface area contributed by atoms with Gasteiger partial charge in [0.2, 0.25) is 5.91 Å². The predicted molar refractivity (Wildman–Crippen MR) is 123 cm³/mol. The number of carbonyl (C=O) groups is 1. The van der Waals surface area contributed by atoms with Gasteiger partial charge in [-0.05, 0) is 36.8 Å². The quantitative estimate of drug-likeness (QED) is 0.414. The van der Waals surface area contributed by atoms with Crippen LogP contribution in [0.3, 0.4) is 0 Å². The number of carbonyl (C=O) groups excluding carboxylic acids is 1. The fourth-order valence-corrected chi connectivity index (χ4v) is 6.43. The van der Waals surface area contributed by atoms with Crippen LogP contribution in [0.15, 0.2) is 58.5 Å². The van der Waals surface area contributed by atoms with E-state index in [1.165, 1.54) is 9.47 Å². The van der Waals surface area contributed by atoms with Gasteiger partial charge in [0.15, 0.2) is 15.0 Å². The zero-order valence-electron chi connectivity index (χ0n) is 16.7. The summed E-state index contributed by atoms with van der Waals surface area (Å²) in [6, 6.07) is 13.7. The molecule has 10 heteroatoms. The van der Waals surface area contributed by atoms with Crippen LogP contribution >= 0.6 is 23.4 Å². The van der Waals surface area contributed by atoms with E-state index in [1.54, 1.807) is 37.4 Å². The number of halogens is 1. The second-order valence-corrected chi connectivity index (χ2v) is 11.0. The van der Waals surface area contributed by atoms with Crippen molar-refractivity contribution in [2.45, 2.75) is 17.6 Å². The van der Waals surface area contributed by atoms with Crippen molar-refractivity contribution in [1.29, 1.82) is 0 Å². The van der Waals surface area contributed by atoms with Crippen molar-refractivity contribution >= 4 is 50.0 Å². The van der Waals surface area contributed by atoms with Crippen LogP contribution in [0.4, 0.5) is 0 Å². The first-order valence-corrected chi connectivity index (χ1v) is 12.8. The van der Waals surface area contributed by atoms with E-state index < -0.39 is 9.84 Å². The van der Waals surface area contributed by atoms with Crippen LogP contribution in [0.25, 0.3) is 16.6 Å². The summed E-state index contributed by atoms with van der Waals surface area (Å²) in [4.78, 5) is 32.1. The SMILES string of the molecule is CN(C(=O)CSc1nc2cc(Cl)ccc2c(=O)n1-c1ccccc1)[C@H]1CCS(=O)(=O)C1. The number of nitrogens with zero attached hydrogens (tertiary/aromatic N) is 3. The van der Waals surface area contributed by atoms with Crippen molar-refractivity contribution in [3.8, 4) is 5.69 Å². The first-order valence-electron chi connectivity index (χ1n) is 9.62. The van der Waals surface area contributed by atoms with Crippen molar-refractivity contribution < 1.29 is 13.2 Å². The number of amides is 1. The van der Waals surface area contributed by atoms with Crippen LogP contribution in [0.1, 0.15) is 6.42 Å². The zero-order chi connectivity index (χ0) is 22.2. The minimum absolute atomic E-state index is 0.0125. The molecule has 2 heterocycles. The molecule has 0 N–H and O–H groups in total. The molecule has 1 aliphatic rings. The summed E-state index contributed by atoms with van der Waals surface area (Å²) in [5, 5.41) is 1.26. The van der Waals surface area contributed by atoms with E-state index in [0.29, 0.717) is 33.2 Å². The lowest BCUT2D eigenvalue weighted by Gasteiger charge is -2.23. The van der Waals surface area contributed by atoms with Crippen molar-refractivity contribution in [2.75, 3.05) is 24.3 Å². The number of thioether (sulfide) groups is 1. The molecule has 0 spiro atoms. The lowest BCUT2D eigenvalue weighted by atomic mass is 10.2. The molecule has 0 radical (unpaired) electrons. The largest absolute Gasteiger partial charge is 0.341 e. The molecule has 3 aromatic rings. The fourth-order valence-electron chi connectivity index (χ4n) is 3.55. The number of rotatable bonds is 5. The second-order valence-electron chi connectivity index (χ2n) is 7.38. The molecule has 31 heavy (non-hydrogen) atoms. The van der Waals surface area contributed by atoms with Gasteiger partial charge in [-0.25, -0.2) is 13.4 Å². The Morgan fingerprint density at radius 2 is 2.00 bits per heavy atom. The van der Waals surface area contributed by atoms with E-state index in [4.69, 9.17) is 11.6 Å². The van der Waals surface area contributed by atoms with Gasteiger partial charge >= 0.3 is 0 Å². The maximum Gasteiger partial charge on any atom is 0.266 e. The van der Waals surface area contributed by atoms with Gasteiger partial charge in [-0.15, -0.1) is 0 Å². The molecule has 1 aromatic heterocycles. The number of fused-ring (bicyclic) bond motifs is 1. The molecule has 1 fully saturated rings. The molecule has 2 aromatic carbocycles. The summed E-state index contributed by atoms with van der Waals surface area (Å²) in [5.74, 6) is -0.102. The zero-order valence-corrected chi connectivity index (χ0v) is 19.1. The molecule has 1 amide bonds. The molecular weight excluding hydrogens is 458 g/mol. The minimum Gasteiger partial charge on any atom is -0.341 e. The minimum atomic E-state index is -3.09. The van der Waals surface area contributed by atoms with Crippen LogP contribution in [0, 0.1) is 0 Å². The van der Waals surface area contributed by atoms with Crippen molar-refractivity contribution in [1.82, 2.24) is 14.5 Å². The number of aromatic nitrogens is 2. The first kappa shape index (κ1) is 21.9. The van der Waals surface area contributed by atoms with Crippen LogP contribution in [-0.2, 0) is 14.6 Å². The topological polar surface area (TPSA) is 89.3 Å². The Balaban J connectivity index is 1.66. The summed E-state index contributed by atoms with van der Waals surface area (Å²) in [5.41, 5.74) is 0.843. The van der Waals surface area contributed by atoms with Crippen LogP contribution in [-0.4, -0.2) is 59.1 Å². The fraction of sp³-hybridized carbons (Fsp3) is 0.286. The summed E-state index contributed by atoms with van der Waals surface area (Å²) in [7, 11) is -1.47. The Bertz CT molecular complexity index is 1310. The van der Waals surface area contributed by atoms with E-state index in [9.17, 15) is 18.0 Å². The highest BCUT2D eigenvalue weighted by Gasteiger charge is 2.32. The molecule has 1 aliphatic heterocycles. The Labute approximate surface area is 189 Å². The van der Waals surface area contributed by atoms with Gasteiger partial charge in [0.1, 0.15) is 0 Å². The molecule has 4 rings (SSSR count). The van der Waals surface area contributed by atoms with E-state index >= 15 is 0 Å². The van der Waals surface area contributed by atoms with Crippen LogP contribution < -0.4 is 5.56 Å². The third kappa shape index (κ3) is 4.63.